The van der Waals surface area contributed by atoms with E-state index in [1.165, 1.54) is 26.4 Å². The summed E-state index contributed by atoms with van der Waals surface area (Å²) in [6.07, 6.45) is 6.79. The molecule has 3 rings (SSSR count). The normalized spacial score (nSPS) is 37.9. The first-order valence-corrected chi connectivity index (χ1v) is 6.19. The SMILES string of the molecule is CC.COC(=O)C12CCC(C)(CC1)CC2. The maximum atomic E-state index is 11.6. The highest BCUT2D eigenvalue weighted by molar-refractivity contribution is 5.77. The van der Waals surface area contributed by atoms with Crippen LogP contribution < -0.4 is 0 Å². The summed E-state index contributed by atoms with van der Waals surface area (Å²) in [5.74, 6) is 0.0363. The molecular weight excluding hydrogens is 188 g/mol. The third kappa shape index (κ3) is 2.19. The van der Waals surface area contributed by atoms with Gasteiger partial charge in [-0.3, -0.25) is 4.79 Å². The van der Waals surface area contributed by atoms with Gasteiger partial charge < -0.3 is 4.74 Å². The second-order valence-electron chi connectivity index (χ2n) is 5.08. The van der Waals surface area contributed by atoms with E-state index in [9.17, 15) is 4.79 Å². The van der Waals surface area contributed by atoms with Crippen LogP contribution in [0.15, 0.2) is 0 Å². The van der Waals surface area contributed by atoms with Crippen molar-refractivity contribution >= 4 is 5.97 Å². The number of ether oxygens (including phenoxy) is 1. The number of hydrogen-bond acceptors (Lipinski definition) is 2. The lowest BCUT2D eigenvalue weighted by atomic mass is 9.54. The Hall–Kier alpha value is -0.530. The fraction of sp³-hybridized carbons (Fsp3) is 0.923. The summed E-state index contributed by atoms with van der Waals surface area (Å²) in [7, 11) is 1.51. The predicted octanol–water partition coefficient (Wildman–Crippen LogP) is 3.55. The monoisotopic (exact) mass is 212 g/mol. The van der Waals surface area contributed by atoms with Gasteiger partial charge in [-0.25, -0.2) is 0 Å². The molecule has 0 spiro atoms. The standard InChI is InChI=1S/C11H18O2.C2H6/c1-10-3-6-11(7-4-10,8-5-10)9(12)13-2;1-2/h3-8H2,1-2H3;1-2H3. The van der Waals surface area contributed by atoms with Gasteiger partial charge in [0.25, 0.3) is 0 Å². The Balaban J connectivity index is 0.000000531. The largest absolute Gasteiger partial charge is 0.469 e. The molecule has 3 aliphatic rings. The number of rotatable bonds is 1. The molecule has 0 atom stereocenters. The van der Waals surface area contributed by atoms with Gasteiger partial charge >= 0.3 is 5.97 Å². The second-order valence-corrected chi connectivity index (χ2v) is 5.08. The Kier molecular flexibility index (Phi) is 3.80. The zero-order chi connectivity index (χ0) is 11.5. The molecule has 0 amide bonds. The molecule has 3 fully saturated rings. The van der Waals surface area contributed by atoms with Crippen molar-refractivity contribution in [1.82, 2.24) is 0 Å². The van der Waals surface area contributed by atoms with Crippen LogP contribution in [0.25, 0.3) is 0 Å². The lowest BCUT2D eigenvalue weighted by Crippen LogP contribution is -2.45. The number of esters is 1. The van der Waals surface area contributed by atoms with Crippen molar-refractivity contribution in [2.24, 2.45) is 10.8 Å². The van der Waals surface area contributed by atoms with E-state index < -0.39 is 0 Å². The van der Waals surface area contributed by atoms with E-state index in [1.807, 2.05) is 13.8 Å². The fourth-order valence-corrected chi connectivity index (χ4v) is 2.90. The van der Waals surface area contributed by atoms with E-state index >= 15 is 0 Å². The average Bonchev–Trinajstić information content (AvgIpc) is 2.32. The Morgan fingerprint density at radius 1 is 1.00 bits per heavy atom. The molecule has 0 heterocycles. The van der Waals surface area contributed by atoms with Crippen LogP contribution >= 0.6 is 0 Å². The molecule has 0 saturated heterocycles. The summed E-state index contributed by atoms with van der Waals surface area (Å²) in [5.41, 5.74) is 0.447. The molecule has 3 aliphatic carbocycles. The van der Waals surface area contributed by atoms with Crippen LogP contribution in [0.1, 0.15) is 59.3 Å². The Morgan fingerprint density at radius 2 is 1.40 bits per heavy atom. The van der Waals surface area contributed by atoms with Crippen molar-refractivity contribution in [3.63, 3.8) is 0 Å². The molecule has 15 heavy (non-hydrogen) atoms. The van der Waals surface area contributed by atoms with E-state index in [1.54, 1.807) is 0 Å². The summed E-state index contributed by atoms with van der Waals surface area (Å²) < 4.78 is 4.90. The van der Waals surface area contributed by atoms with Gasteiger partial charge in [-0.15, -0.1) is 0 Å². The third-order valence-electron chi connectivity index (χ3n) is 4.24. The average molecular weight is 212 g/mol. The predicted molar refractivity (Wildman–Crippen MR) is 61.6 cm³/mol. The van der Waals surface area contributed by atoms with Crippen LogP contribution in [0.5, 0.6) is 0 Å². The van der Waals surface area contributed by atoms with Gasteiger partial charge in [0.05, 0.1) is 12.5 Å². The van der Waals surface area contributed by atoms with Crippen molar-refractivity contribution in [2.75, 3.05) is 7.11 Å². The first-order chi connectivity index (χ1) is 7.10. The lowest BCUT2D eigenvalue weighted by Gasteiger charge is -2.50. The van der Waals surface area contributed by atoms with Crippen LogP contribution in [0.4, 0.5) is 0 Å². The molecule has 0 aromatic carbocycles. The van der Waals surface area contributed by atoms with Crippen LogP contribution in [0.3, 0.4) is 0 Å². The van der Waals surface area contributed by atoms with Crippen LogP contribution in [0.2, 0.25) is 0 Å². The van der Waals surface area contributed by atoms with Crippen molar-refractivity contribution in [2.45, 2.75) is 59.3 Å². The van der Waals surface area contributed by atoms with Crippen LogP contribution in [0, 0.1) is 10.8 Å². The van der Waals surface area contributed by atoms with E-state index in [2.05, 4.69) is 6.92 Å². The molecule has 88 valence electrons. The van der Waals surface area contributed by atoms with E-state index in [0.717, 1.165) is 19.3 Å². The van der Waals surface area contributed by atoms with Crippen molar-refractivity contribution in [1.29, 1.82) is 0 Å². The molecule has 0 aromatic heterocycles. The van der Waals surface area contributed by atoms with Gasteiger partial charge in [0, 0.05) is 0 Å². The molecule has 2 nitrogen and oxygen atoms in total. The van der Waals surface area contributed by atoms with Gasteiger partial charge in [0.15, 0.2) is 0 Å². The van der Waals surface area contributed by atoms with Gasteiger partial charge in [0.1, 0.15) is 0 Å². The first kappa shape index (κ1) is 12.5. The third-order valence-corrected chi connectivity index (χ3v) is 4.24. The summed E-state index contributed by atoms with van der Waals surface area (Å²) in [6, 6.07) is 0. The lowest BCUT2D eigenvalue weighted by molar-refractivity contribution is -0.162. The van der Waals surface area contributed by atoms with Gasteiger partial charge in [0.2, 0.25) is 0 Å². The molecule has 2 bridgehead atoms. The Morgan fingerprint density at radius 3 is 1.73 bits per heavy atom. The summed E-state index contributed by atoms with van der Waals surface area (Å²) >= 11 is 0. The topological polar surface area (TPSA) is 26.3 Å². The number of methoxy groups -OCH3 is 1. The summed E-state index contributed by atoms with van der Waals surface area (Å²) in [6.45, 7) is 6.35. The Labute approximate surface area is 93.4 Å². The van der Waals surface area contributed by atoms with E-state index in [-0.39, 0.29) is 11.4 Å². The second kappa shape index (κ2) is 4.54. The molecule has 0 radical (unpaired) electrons. The van der Waals surface area contributed by atoms with E-state index in [4.69, 9.17) is 4.74 Å². The van der Waals surface area contributed by atoms with Crippen molar-refractivity contribution < 1.29 is 9.53 Å². The molecule has 0 aliphatic heterocycles. The minimum absolute atomic E-state index is 0.0363. The number of hydrogen-bond donors (Lipinski definition) is 0. The molecule has 2 heteroatoms. The zero-order valence-electron chi connectivity index (χ0n) is 10.6. The quantitative estimate of drug-likeness (QED) is 0.621. The number of fused-ring (bicyclic) bond motifs is 3. The van der Waals surface area contributed by atoms with Crippen LogP contribution in [-0.4, -0.2) is 13.1 Å². The summed E-state index contributed by atoms with van der Waals surface area (Å²) in [5, 5.41) is 0. The molecule has 0 unspecified atom stereocenters. The van der Waals surface area contributed by atoms with Gasteiger partial charge in [-0.05, 0) is 43.9 Å². The van der Waals surface area contributed by atoms with E-state index in [0.29, 0.717) is 5.41 Å². The number of carbonyl (C=O) groups excluding carboxylic acids is 1. The molecule has 0 N–H and O–H groups in total. The first-order valence-electron chi connectivity index (χ1n) is 6.19. The highest BCUT2D eigenvalue weighted by atomic mass is 16.5. The zero-order valence-corrected chi connectivity index (χ0v) is 10.6. The minimum Gasteiger partial charge on any atom is -0.469 e. The van der Waals surface area contributed by atoms with Crippen molar-refractivity contribution in [3.8, 4) is 0 Å². The van der Waals surface area contributed by atoms with Crippen LogP contribution in [-0.2, 0) is 9.53 Å². The number of carbonyl (C=O) groups is 1. The highest BCUT2D eigenvalue weighted by Gasteiger charge is 2.50. The van der Waals surface area contributed by atoms with Crippen molar-refractivity contribution in [3.05, 3.63) is 0 Å². The van der Waals surface area contributed by atoms with Gasteiger partial charge in [-0.1, -0.05) is 20.8 Å². The van der Waals surface area contributed by atoms with Gasteiger partial charge in [-0.2, -0.15) is 0 Å². The fourth-order valence-electron chi connectivity index (χ4n) is 2.90. The minimum atomic E-state index is -0.0908. The molecular formula is C13H24O2. The summed E-state index contributed by atoms with van der Waals surface area (Å²) in [4.78, 5) is 11.6. The maximum Gasteiger partial charge on any atom is 0.311 e. The molecule has 0 aromatic rings. The Bertz CT molecular complexity index is 208. The molecule has 3 saturated carbocycles. The maximum absolute atomic E-state index is 11.6. The smallest absolute Gasteiger partial charge is 0.311 e. The highest BCUT2D eigenvalue weighted by Crippen LogP contribution is 2.56.